The molecule has 2 aromatic carbocycles. The van der Waals surface area contributed by atoms with E-state index in [1.807, 2.05) is 42.5 Å². The Balaban J connectivity index is 1.98. The highest BCUT2D eigenvalue weighted by atomic mass is 35.5. The van der Waals surface area contributed by atoms with Crippen molar-refractivity contribution in [1.29, 1.82) is 0 Å². The van der Waals surface area contributed by atoms with Crippen LogP contribution < -0.4 is 0 Å². The van der Waals surface area contributed by atoms with Gasteiger partial charge in [0.25, 0.3) is 0 Å². The molecule has 2 heterocycles. The van der Waals surface area contributed by atoms with Crippen molar-refractivity contribution in [2.75, 3.05) is 0 Å². The van der Waals surface area contributed by atoms with E-state index in [1.54, 1.807) is 0 Å². The van der Waals surface area contributed by atoms with Crippen LogP contribution in [0, 0.1) is 0 Å². The monoisotopic (exact) mass is 278 g/mol. The molecular formula is C17H11ClN2. The zero-order valence-electron chi connectivity index (χ0n) is 10.6. The SMILES string of the molecule is Clc1ccc(-c2cn3c(ccc4ccccc43)n2)cc1. The summed E-state index contributed by atoms with van der Waals surface area (Å²) in [6.07, 6.45) is 2.07. The van der Waals surface area contributed by atoms with Gasteiger partial charge >= 0.3 is 0 Å². The van der Waals surface area contributed by atoms with E-state index in [0.717, 1.165) is 27.4 Å². The van der Waals surface area contributed by atoms with Crippen molar-refractivity contribution in [1.82, 2.24) is 9.38 Å². The molecule has 0 unspecified atom stereocenters. The van der Waals surface area contributed by atoms with E-state index >= 15 is 0 Å². The summed E-state index contributed by atoms with van der Waals surface area (Å²) in [5, 5.41) is 1.95. The molecule has 0 aliphatic carbocycles. The van der Waals surface area contributed by atoms with E-state index in [9.17, 15) is 0 Å². The average molecular weight is 279 g/mol. The number of hydrogen-bond acceptors (Lipinski definition) is 1. The Kier molecular flexibility index (Phi) is 2.51. The Morgan fingerprint density at radius 1 is 0.850 bits per heavy atom. The smallest absolute Gasteiger partial charge is 0.137 e. The van der Waals surface area contributed by atoms with E-state index in [0.29, 0.717) is 0 Å². The molecule has 0 fully saturated rings. The molecule has 4 rings (SSSR count). The number of fused-ring (bicyclic) bond motifs is 3. The second kappa shape index (κ2) is 4.36. The van der Waals surface area contributed by atoms with Crippen LogP contribution in [0.5, 0.6) is 0 Å². The molecule has 0 saturated heterocycles. The Hall–Kier alpha value is -2.32. The summed E-state index contributed by atoms with van der Waals surface area (Å²) in [7, 11) is 0. The first-order chi connectivity index (χ1) is 9.81. The highest BCUT2D eigenvalue weighted by Crippen LogP contribution is 2.24. The number of imidazole rings is 1. The maximum Gasteiger partial charge on any atom is 0.137 e. The third-order valence-corrected chi connectivity index (χ3v) is 3.73. The maximum absolute atomic E-state index is 5.93. The molecule has 20 heavy (non-hydrogen) atoms. The van der Waals surface area contributed by atoms with Crippen molar-refractivity contribution in [3.63, 3.8) is 0 Å². The molecule has 2 nitrogen and oxygen atoms in total. The van der Waals surface area contributed by atoms with Crippen LogP contribution in [0.4, 0.5) is 0 Å². The van der Waals surface area contributed by atoms with E-state index in [2.05, 4.69) is 33.8 Å². The first-order valence-corrected chi connectivity index (χ1v) is 6.82. The van der Waals surface area contributed by atoms with E-state index in [4.69, 9.17) is 11.6 Å². The quantitative estimate of drug-likeness (QED) is 0.488. The van der Waals surface area contributed by atoms with Gasteiger partial charge in [-0.1, -0.05) is 41.9 Å². The van der Waals surface area contributed by atoms with Gasteiger partial charge in [-0.2, -0.15) is 0 Å². The fourth-order valence-electron chi connectivity index (χ4n) is 2.48. The molecule has 3 heteroatoms. The second-order valence-corrected chi connectivity index (χ2v) is 5.19. The lowest BCUT2D eigenvalue weighted by Gasteiger charge is -2.00. The van der Waals surface area contributed by atoms with Crippen LogP contribution in [-0.2, 0) is 0 Å². The van der Waals surface area contributed by atoms with Gasteiger partial charge in [-0.25, -0.2) is 4.98 Å². The Morgan fingerprint density at radius 3 is 2.50 bits per heavy atom. The largest absolute Gasteiger partial charge is 0.299 e. The molecule has 0 saturated carbocycles. The van der Waals surface area contributed by atoms with Crippen molar-refractivity contribution in [3.05, 3.63) is 71.9 Å². The average Bonchev–Trinajstić information content (AvgIpc) is 2.92. The van der Waals surface area contributed by atoms with Gasteiger partial charge in [0.05, 0.1) is 11.2 Å². The molecule has 0 aliphatic rings. The number of rotatable bonds is 1. The Morgan fingerprint density at radius 2 is 1.65 bits per heavy atom. The molecule has 0 spiro atoms. The molecule has 0 aliphatic heterocycles. The zero-order valence-corrected chi connectivity index (χ0v) is 11.4. The van der Waals surface area contributed by atoms with E-state index in [-0.39, 0.29) is 0 Å². The summed E-state index contributed by atoms with van der Waals surface area (Å²) in [4.78, 5) is 4.68. The zero-order chi connectivity index (χ0) is 13.5. The molecule has 0 atom stereocenters. The van der Waals surface area contributed by atoms with E-state index < -0.39 is 0 Å². The van der Waals surface area contributed by atoms with Crippen LogP contribution in [0.1, 0.15) is 0 Å². The lowest BCUT2D eigenvalue weighted by Crippen LogP contribution is -1.85. The minimum Gasteiger partial charge on any atom is -0.299 e. The number of para-hydroxylation sites is 1. The standard InChI is InChI=1S/C17H11ClN2/c18-14-8-5-12(6-9-14)15-11-20-16-4-2-1-3-13(16)7-10-17(20)19-15/h1-11H. The van der Waals surface area contributed by atoms with Gasteiger partial charge in [-0.15, -0.1) is 0 Å². The van der Waals surface area contributed by atoms with Crippen LogP contribution in [0.3, 0.4) is 0 Å². The first-order valence-electron chi connectivity index (χ1n) is 6.44. The summed E-state index contributed by atoms with van der Waals surface area (Å²) < 4.78 is 2.12. The van der Waals surface area contributed by atoms with Crippen molar-refractivity contribution in [2.24, 2.45) is 0 Å². The topological polar surface area (TPSA) is 17.3 Å². The number of halogens is 1. The maximum atomic E-state index is 5.93. The number of aromatic nitrogens is 2. The normalized spacial score (nSPS) is 11.2. The summed E-state index contributed by atoms with van der Waals surface area (Å²) in [6, 6.07) is 20.2. The number of hydrogen-bond donors (Lipinski definition) is 0. The number of nitrogens with zero attached hydrogens (tertiary/aromatic N) is 2. The molecule has 2 aromatic heterocycles. The van der Waals surface area contributed by atoms with Crippen molar-refractivity contribution in [3.8, 4) is 11.3 Å². The van der Waals surface area contributed by atoms with Gasteiger partial charge in [-0.3, -0.25) is 4.40 Å². The van der Waals surface area contributed by atoms with Gasteiger partial charge in [0.2, 0.25) is 0 Å². The Bertz CT molecular complexity index is 907. The van der Waals surface area contributed by atoms with Crippen molar-refractivity contribution < 1.29 is 0 Å². The number of benzene rings is 2. The highest BCUT2D eigenvalue weighted by Gasteiger charge is 2.06. The van der Waals surface area contributed by atoms with Crippen LogP contribution in [0.15, 0.2) is 66.9 Å². The highest BCUT2D eigenvalue weighted by molar-refractivity contribution is 6.30. The summed E-state index contributed by atoms with van der Waals surface area (Å²) in [5.74, 6) is 0. The van der Waals surface area contributed by atoms with Crippen LogP contribution in [-0.4, -0.2) is 9.38 Å². The molecular weight excluding hydrogens is 268 g/mol. The molecule has 4 aromatic rings. The minimum absolute atomic E-state index is 0.739. The molecule has 0 bridgehead atoms. The third-order valence-electron chi connectivity index (χ3n) is 3.48. The molecule has 96 valence electrons. The predicted molar refractivity (Wildman–Crippen MR) is 83.1 cm³/mol. The van der Waals surface area contributed by atoms with Crippen molar-refractivity contribution in [2.45, 2.75) is 0 Å². The Labute approximate surface area is 121 Å². The summed E-state index contributed by atoms with van der Waals surface area (Å²) in [6.45, 7) is 0. The van der Waals surface area contributed by atoms with Crippen LogP contribution >= 0.6 is 11.6 Å². The van der Waals surface area contributed by atoms with Crippen molar-refractivity contribution >= 4 is 28.2 Å². The second-order valence-electron chi connectivity index (χ2n) is 4.75. The first kappa shape index (κ1) is 11.5. The lowest BCUT2D eigenvalue weighted by atomic mass is 10.2. The van der Waals surface area contributed by atoms with Gasteiger partial charge in [0, 0.05) is 16.8 Å². The lowest BCUT2D eigenvalue weighted by molar-refractivity contribution is 1.26. The molecule has 0 amide bonds. The number of pyridine rings is 1. The fourth-order valence-corrected chi connectivity index (χ4v) is 2.60. The summed E-state index contributed by atoms with van der Waals surface area (Å²) >= 11 is 5.93. The van der Waals surface area contributed by atoms with Crippen LogP contribution in [0.25, 0.3) is 27.8 Å². The van der Waals surface area contributed by atoms with Gasteiger partial charge in [0.15, 0.2) is 0 Å². The van der Waals surface area contributed by atoms with Gasteiger partial charge in [0.1, 0.15) is 5.65 Å². The van der Waals surface area contributed by atoms with Gasteiger partial charge in [-0.05, 0) is 35.7 Å². The van der Waals surface area contributed by atoms with E-state index in [1.165, 1.54) is 5.39 Å². The van der Waals surface area contributed by atoms with Gasteiger partial charge < -0.3 is 0 Å². The summed E-state index contributed by atoms with van der Waals surface area (Å²) in [5.41, 5.74) is 4.14. The fraction of sp³-hybridized carbons (Fsp3) is 0. The minimum atomic E-state index is 0.739. The predicted octanol–water partition coefficient (Wildman–Crippen LogP) is 4.81. The molecule has 0 N–H and O–H groups in total. The third kappa shape index (κ3) is 1.77. The van der Waals surface area contributed by atoms with Crippen LogP contribution in [0.2, 0.25) is 5.02 Å². The molecule has 0 radical (unpaired) electrons.